The van der Waals surface area contributed by atoms with Gasteiger partial charge in [-0.3, -0.25) is 0 Å². The molecule has 5 nitrogen and oxygen atoms in total. The van der Waals surface area contributed by atoms with Gasteiger partial charge in [-0.05, 0) is 30.5 Å². The Labute approximate surface area is 153 Å². The number of hydrogen-bond donors (Lipinski definition) is 0. The van der Waals surface area contributed by atoms with Crippen LogP contribution in [0.2, 0.25) is 0 Å². The average Bonchev–Trinajstić information content (AvgIpc) is 3.13. The molecule has 0 unspecified atom stereocenters. The lowest BCUT2D eigenvalue weighted by atomic mass is 10.1. The third-order valence-electron chi connectivity index (χ3n) is 4.22. The Hall–Kier alpha value is -2.66. The largest absolute Gasteiger partial charge is 0.471 e. The SMILES string of the molecule is COC(=O)[C@H]1N=C(c2ccccc2)O[C@H]1CCCOCc1ccccc1. The summed E-state index contributed by atoms with van der Waals surface area (Å²) in [6.45, 7) is 1.18. The first-order valence-electron chi connectivity index (χ1n) is 8.77. The van der Waals surface area contributed by atoms with Crippen molar-refractivity contribution >= 4 is 11.9 Å². The zero-order valence-electron chi connectivity index (χ0n) is 14.8. The number of rotatable bonds is 8. The molecule has 1 aliphatic rings. The minimum atomic E-state index is -0.621. The Bertz CT molecular complexity index is 730. The van der Waals surface area contributed by atoms with Gasteiger partial charge in [-0.2, -0.15) is 0 Å². The summed E-state index contributed by atoms with van der Waals surface area (Å²) in [7, 11) is 1.37. The molecule has 5 heteroatoms. The van der Waals surface area contributed by atoms with E-state index in [2.05, 4.69) is 4.99 Å². The lowest BCUT2D eigenvalue weighted by molar-refractivity contribution is -0.143. The van der Waals surface area contributed by atoms with Crippen LogP contribution in [0.15, 0.2) is 65.7 Å². The smallest absolute Gasteiger partial charge is 0.334 e. The maximum Gasteiger partial charge on any atom is 0.334 e. The van der Waals surface area contributed by atoms with Gasteiger partial charge in [0.05, 0.1) is 13.7 Å². The summed E-state index contributed by atoms with van der Waals surface area (Å²) in [5, 5.41) is 0. The second-order valence-electron chi connectivity index (χ2n) is 6.10. The summed E-state index contributed by atoms with van der Waals surface area (Å²) in [5.74, 6) is 0.127. The molecule has 3 rings (SSSR count). The Morgan fingerprint density at radius 3 is 2.46 bits per heavy atom. The fourth-order valence-corrected chi connectivity index (χ4v) is 2.86. The molecule has 1 heterocycles. The van der Waals surface area contributed by atoms with Gasteiger partial charge < -0.3 is 14.2 Å². The lowest BCUT2D eigenvalue weighted by Gasteiger charge is -2.16. The molecule has 0 N–H and O–H groups in total. The van der Waals surface area contributed by atoms with Crippen molar-refractivity contribution in [1.82, 2.24) is 0 Å². The number of ether oxygens (including phenoxy) is 3. The molecule has 2 atom stereocenters. The van der Waals surface area contributed by atoms with Crippen LogP contribution in [0.1, 0.15) is 24.0 Å². The van der Waals surface area contributed by atoms with E-state index in [4.69, 9.17) is 14.2 Å². The zero-order valence-corrected chi connectivity index (χ0v) is 14.8. The number of methoxy groups -OCH3 is 1. The summed E-state index contributed by atoms with van der Waals surface area (Å²) < 4.78 is 16.5. The van der Waals surface area contributed by atoms with E-state index in [0.717, 1.165) is 17.5 Å². The summed E-state index contributed by atoms with van der Waals surface area (Å²) in [6.07, 6.45) is 1.13. The average molecular weight is 353 g/mol. The Morgan fingerprint density at radius 2 is 1.77 bits per heavy atom. The van der Waals surface area contributed by atoms with E-state index < -0.39 is 6.04 Å². The minimum absolute atomic E-state index is 0.321. The van der Waals surface area contributed by atoms with E-state index in [1.165, 1.54) is 7.11 Å². The van der Waals surface area contributed by atoms with Crippen LogP contribution in [0.4, 0.5) is 0 Å². The summed E-state index contributed by atoms with van der Waals surface area (Å²) in [4.78, 5) is 16.5. The molecule has 2 aromatic rings. The van der Waals surface area contributed by atoms with Gasteiger partial charge in [0.2, 0.25) is 5.90 Å². The van der Waals surface area contributed by atoms with E-state index >= 15 is 0 Å². The molecule has 26 heavy (non-hydrogen) atoms. The van der Waals surface area contributed by atoms with E-state index in [1.54, 1.807) is 0 Å². The molecule has 0 saturated carbocycles. The first-order chi connectivity index (χ1) is 12.8. The van der Waals surface area contributed by atoms with Crippen molar-refractivity contribution in [3.63, 3.8) is 0 Å². The number of benzene rings is 2. The van der Waals surface area contributed by atoms with Crippen LogP contribution in [0.3, 0.4) is 0 Å². The van der Waals surface area contributed by atoms with Gasteiger partial charge in [0.25, 0.3) is 0 Å². The third-order valence-corrected chi connectivity index (χ3v) is 4.22. The maximum atomic E-state index is 12.0. The van der Waals surface area contributed by atoms with Crippen molar-refractivity contribution in [2.75, 3.05) is 13.7 Å². The van der Waals surface area contributed by atoms with E-state index in [-0.39, 0.29) is 12.1 Å². The number of esters is 1. The molecule has 0 amide bonds. The highest BCUT2D eigenvalue weighted by Crippen LogP contribution is 2.23. The Kier molecular flexibility index (Phi) is 6.39. The van der Waals surface area contributed by atoms with Gasteiger partial charge in [0, 0.05) is 12.2 Å². The molecule has 0 spiro atoms. The van der Waals surface area contributed by atoms with Crippen molar-refractivity contribution < 1.29 is 19.0 Å². The number of carbonyl (C=O) groups is 1. The summed E-state index contributed by atoms with van der Waals surface area (Å²) in [6, 6.07) is 19.0. The molecule has 0 saturated heterocycles. The van der Waals surface area contributed by atoms with Gasteiger partial charge in [0.1, 0.15) is 6.10 Å². The predicted octanol–water partition coefficient (Wildman–Crippen LogP) is 3.37. The van der Waals surface area contributed by atoms with Crippen LogP contribution in [-0.4, -0.2) is 37.7 Å². The molecule has 0 fully saturated rings. The van der Waals surface area contributed by atoms with Crippen molar-refractivity contribution in [3.8, 4) is 0 Å². The Morgan fingerprint density at radius 1 is 1.08 bits per heavy atom. The third kappa shape index (κ3) is 4.70. The van der Waals surface area contributed by atoms with Gasteiger partial charge in [-0.15, -0.1) is 0 Å². The zero-order chi connectivity index (χ0) is 18.2. The first kappa shape index (κ1) is 18.1. The van der Waals surface area contributed by atoms with E-state index in [0.29, 0.717) is 25.5 Å². The summed E-state index contributed by atoms with van der Waals surface area (Å²) in [5.41, 5.74) is 2.01. The molecular formula is C21H23NO4. The second kappa shape index (κ2) is 9.15. The van der Waals surface area contributed by atoms with Crippen molar-refractivity contribution in [1.29, 1.82) is 0 Å². The molecule has 0 aliphatic carbocycles. The fourth-order valence-electron chi connectivity index (χ4n) is 2.86. The minimum Gasteiger partial charge on any atom is -0.471 e. The molecule has 0 radical (unpaired) electrons. The first-order valence-corrected chi connectivity index (χ1v) is 8.77. The van der Waals surface area contributed by atoms with Gasteiger partial charge in [0.15, 0.2) is 6.04 Å². The normalized spacial score (nSPS) is 18.9. The van der Waals surface area contributed by atoms with Crippen LogP contribution in [0.25, 0.3) is 0 Å². The Balaban J connectivity index is 1.51. The van der Waals surface area contributed by atoms with Gasteiger partial charge in [-0.1, -0.05) is 48.5 Å². The maximum absolute atomic E-state index is 12.0. The van der Waals surface area contributed by atoms with E-state index in [9.17, 15) is 4.79 Å². The lowest BCUT2D eigenvalue weighted by Crippen LogP contribution is -2.31. The quantitative estimate of drug-likeness (QED) is 0.539. The predicted molar refractivity (Wildman–Crippen MR) is 99.0 cm³/mol. The standard InChI is InChI=1S/C21H23NO4/c1-24-21(23)19-18(26-20(22-19)17-11-6-3-7-12-17)13-8-14-25-15-16-9-4-2-5-10-16/h2-7,9-12,18-19H,8,13-15H2,1H3/t18-,19-/m0/s1. The molecule has 136 valence electrons. The van der Waals surface area contributed by atoms with Gasteiger partial charge in [-0.25, -0.2) is 9.79 Å². The van der Waals surface area contributed by atoms with Crippen LogP contribution in [0.5, 0.6) is 0 Å². The topological polar surface area (TPSA) is 57.1 Å². The van der Waals surface area contributed by atoms with Crippen LogP contribution < -0.4 is 0 Å². The highest BCUT2D eigenvalue weighted by molar-refractivity contribution is 5.97. The molecule has 0 bridgehead atoms. The van der Waals surface area contributed by atoms with Gasteiger partial charge >= 0.3 is 5.97 Å². The van der Waals surface area contributed by atoms with Crippen molar-refractivity contribution in [2.24, 2.45) is 4.99 Å². The highest BCUT2D eigenvalue weighted by atomic mass is 16.5. The van der Waals surface area contributed by atoms with E-state index in [1.807, 2.05) is 60.7 Å². The molecule has 1 aliphatic heterocycles. The number of nitrogens with zero attached hydrogens (tertiary/aromatic N) is 1. The number of hydrogen-bond acceptors (Lipinski definition) is 5. The fraction of sp³-hybridized carbons (Fsp3) is 0.333. The molecule has 0 aromatic heterocycles. The van der Waals surface area contributed by atoms with Crippen molar-refractivity contribution in [3.05, 3.63) is 71.8 Å². The van der Waals surface area contributed by atoms with Crippen LogP contribution >= 0.6 is 0 Å². The van der Waals surface area contributed by atoms with Crippen molar-refractivity contribution in [2.45, 2.75) is 31.6 Å². The molecular weight excluding hydrogens is 330 g/mol. The van der Waals surface area contributed by atoms with Crippen LogP contribution in [0, 0.1) is 0 Å². The number of carbonyl (C=O) groups excluding carboxylic acids is 1. The van der Waals surface area contributed by atoms with Crippen LogP contribution in [-0.2, 0) is 25.6 Å². The molecule has 2 aromatic carbocycles. The number of aliphatic imine (C=N–C) groups is 1. The highest BCUT2D eigenvalue weighted by Gasteiger charge is 2.37. The second-order valence-corrected chi connectivity index (χ2v) is 6.10. The summed E-state index contributed by atoms with van der Waals surface area (Å²) >= 11 is 0. The monoisotopic (exact) mass is 353 g/mol.